The molecule has 2 atom stereocenters. The summed E-state index contributed by atoms with van der Waals surface area (Å²) in [5.74, 6) is 0.631. The number of amides is 1. The molecule has 0 N–H and O–H groups in total. The van der Waals surface area contributed by atoms with Gasteiger partial charge in [-0.25, -0.2) is 15.0 Å². The summed E-state index contributed by atoms with van der Waals surface area (Å²) in [5, 5.41) is 0. The molecule has 0 spiro atoms. The average molecular weight is 469 g/mol. The Kier molecular flexibility index (Phi) is 5.45. The Morgan fingerprint density at radius 3 is 2.65 bits per heavy atom. The zero-order chi connectivity index (χ0) is 23.9. The molecule has 176 valence electrons. The molecule has 4 heterocycles. The molecular weight excluding hydrogens is 447 g/mol. The molecule has 10 heteroatoms. The molecule has 1 aliphatic carbocycles. The van der Waals surface area contributed by atoms with Gasteiger partial charge >= 0.3 is 6.18 Å². The average Bonchev–Trinajstić information content (AvgIpc) is 3.42. The minimum absolute atomic E-state index is 0.0944. The Morgan fingerprint density at radius 1 is 1.18 bits per heavy atom. The SMILES string of the molecule is Cc1cnc(C(=O)N2CC3CCC2(COc2ccc(C(F)(F)F)cn2)C3)c(-c2ncccn2)c1. The minimum Gasteiger partial charge on any atom is -0.475 e. The highest BCUT2D eigenvalue weighted by atomic mass is 19.4. The van der Waals surface area contributed by atoms with Crippen LogP contribution in [0.5, 0.6) is 5.88 Å². The van der Waals surface area contributed by atoms with Crippen LogP contribution in [0.4, 0.5) is 13.2 Å². The van der Waals surface area contributed by atoms with Crippen LogP contribution in [0.25, 0.3) is 11.4 Å². The Bertz CT molecular complexity index is 1200. The molecule has 1 saturated heterocycles. The van der Waals surface area contributed by atoms with Crippen molar-refractivity contribution >= 4 is 5.91 Å². The summed E-state index contributed by atoms with van der Waals surface area (Å²) < 4.78 is 44.3. The van der Waals surface area contributed by atoms with E-state index in [4.69, 9.17) is 4.74 Å². The number of fused-ring (bicyclic) bond motifs is 2. The van der Waals surface area contributed by atoms with Crippen molar-refractivity contribution in [1.29, 1.82) is 0 Å². The third kappa shape index (κ3) is 4.08. The Balaban J connectivity index is 1.40. The number of carbonyl (C=O) groups excluding carboxylic acids is 1. The van der Waals surface area contributed by atoms with E-state index >= 15 is 0 Å². The number of nitrogens with zero attached hydrogens (tertiary/aromatic N) is 5. The minimum atomic E-state index is -4.46. The summed E-state index contributed by atoms with van der Waals surface area (Å²) in [6.07, 6.45) is 3.64. The van der Waals surface area contributed by atoms with E-state index in [-0.39, 0.29) is 24.1 Å². The summed E-state index contributed by atoms with van der Waals surface area (Å²) in [7, 11) is 0. The smallest absolute Gasteiger partial charge is 0.417 e. The van der Waals surface area contributed by atoms with Gasteiger partial charge in [0, 0.05) is 37.4 Å². The summed E-state index contributed by atoms with van der Waals surface area (Å²) >= 11 is 0. The Labute approximate surface area is 194 Å². The molecule has 2 bridgehead atoms. The quantitative estimate of drug-likeness (QED) is 0.553. The maximum Gasteiger partial charge on any atom is 0.417 e. The van der Waals surface area contributed by atoms with Gasteiger partial charge in [-0.15, -0.1) is 0 Å². The van der Waals surface area contributed by atoms with Gasteiger partial charge in [0.1, 0.15) is 12.3 Å². The van der Waals surface area contributed by atoms with Crippen LogP contribution in [-0.4, -0.2) is 49.4 Å². The number of carbonyl (C=O) groups is 1. The second-order valence-corrected chi connectivity index (χ2v) is 8.90. The molecule has 2 unspecified atom stereocenters. The first-order chi connectivity index (χ1) is 16.2. The van der Waals surface area contributed by atoms with Crippen LogP contribution in [0, 0.1) is 12.8 Å². The van der Waals surface area contributed by atoms with Gasteiger partial charge in [-0.3, -0.25) is 9.78 Å². The molecule has 34 heavy (non-hydrogen) atoms. The van der Waals surface area contributed by atoms with E-state index in [1.807, 2.05) is 13.0 Å². The predicted molar refractivity (Wildman–Crippen MR) is 116 cm³/mol. The molecule has 3 aromatic rings. The lowest BCUT2D eigenvalue weighted by atomic mass is 9.97. The van der Waals surface area contributed by atoms with Gasteiger partial charge in [0.25, 0.3) is 5.91 Å². The summed E-state index contributed by atoms with van der Waals surface area (Å²) in [6.45, 7) is 2.61. The molecule has 1 amide bonds. The van der Waals surface area contributed by atoms with Gasteiger partial charge < -0.3 is 9.64 Å². The van der Waals surface area contributed by atoms with Crippen molar-refractivity contribution in [3.8, 4) is 17.3 Å². The van der Waals surface area contributed by atoms with E-state index in [1.54, 1.807) is 29.6 Å². The first kappa shape index (κ1) is 22.2. The summed E-state index contributed by atoms with van der Waals surface area (Å²) in [6, 6.07) is 5.70. The van der Waals surface area contributed by atoms with Crippen LogP contribution in [0.3, 0.4) is 0 Å². The van der Waals surface area contributed by atoms with Gasteiger partial charge in [0.05, 0.1) is 16.7 Å². The number of piperidine rings is 1. The van der Waals surface area contributed by atoms with Gasteiger partial charge in [0.2, 0.25) is 5.88 Å². The number of aromatic nitrogens is 4. The zero-order valence-corrected chi connectivity index (χ0v) is 18.4. The number of alkyl halides is 3. The molecule has 3 aromatic heterocycles. The van der Waals surface area contributed by atoms with Gasteiger partial charge in [0.15, 0.2) is 5.82 Å². The van der Waals surface area contributed by atoms with E-state index in [0.29, 0.717) is 23.9 Å². The number of pyridine rings is 2. The van der Waals surface area contributed by atoms with Gasteiger partial charge in [-0.05, 0) is 55.9 Å². The van der Waals surface area contributed by atoms with Crippen molar-refractivity contribution in [1.82, 2.24) is 24.8 Å². The second-order valence-electron chi connectivity index (χ2n) is 8.90. The molecule has 2 fully saturated rings. The lowest BCUT2D eigenvalue weighted by molar-refractivity contribution is -0.137. The van der Waals surface area contributed by atoms with Crippen molar-refractivity contribution in [3.05, 3.63) is 65.9 Å². The fraction of sp³-hybridized carbons (Fsp3) is 0.375. The van der Waals surface area contributed by atoms with Crippen molar-refractivity contribution in [2.75, 3.05) is 13.2 Å². The fourth-order valence-electron chi connectivity index (χ4n) is 4.89. The number of halogens is 3. The fourth-order valence-corrected chi connectivity index (χ4v) is 4.89. The highest BCUT2D eigenvalue weighted by Crippen LogP contribution is 2.47. The van der Waals surface area contributed by atoms with Crippen LogP contribution < -0.4 is 4.74 Å². The van der Waals surface area contributed by atoms with E-state index in [9.17, 15) is 18.0 Å². The summed E-state index contributed by atoms with van der Waals surface area (Å²) in [4.78, 5) is 32.3. The highest BCUT2D eigenvalue weighted by molar-refractivity contribution is 5.99. The summed E-state index contributed by atoms with van der Waals surface area (Å²) in [5.41, 5.74) is 0.323. The Morgan fingerprint density at radius 2 is 1.97 bits per heavy atom. The van der Waals surface area contributed by atoms with Crippen LogP contribution in [0.15, 0.2) is 49.1 Å². The third-order valence-corrected chi connectivity index (χ3v) is 6.53. The molecular formula is C24H22F3N5O2. The number of rotatable bonds is 5. The Hall–Kier alpha value is -3.56. The largest absolute Gasteiger partial charge is 0.475 e. The predicted octanol–water partition coefficient (Wildman–Crippen LogP) is 4.33. The lowest BCUT2D eigenvalue weighted by Crippen LogP contribution is -2.52. The van der Waals surface area contributed by atoms with Crippen molar-refractivity contribution in [2.24, 2.45) is 5.92 Å². The van der Waals surface area contributed by atoms with E-state index in [0.717, 1.165) is 37.1 Å². The highest BCUT2D eigenvalue weighted by Gasteiger charge is 2.53. The normalized spacial score (nSPS) is 21.6. The van der Waals surface area contributed by atoms with Crippen molar-refractivity contribution < 1.29 is 22.7 Å². The maximum atomic E-state index is 13.7. The third-order valence-electron chi connectivity index (χ3n) is 6.53. The van der Waals surface area contributed by atoms with Gasteiger partial charge in [-0.2, -0.15) is 13.2 Å². The number of likely N-dealkylation sites (tertiary alicyclic amines) is 1. The molecule has 0 aromatic carbocycles. The molecule has 7 nitrogen and oxygen atoms in total. The lowest BCUT2D eigenvalue weighted by Gasteiger charge is -2.38. The number of hydrogen-bond acceptors (Lipinski definition) is 6. The molecule has 1 saturated carbocycles. The first-order valence-corrected chi connectivity index (χ1v) is 11.0. The first-order valence-electron chi connectivity index (χ1n) is 11.0. The molecule has 2 aliphatic rings. The molecule has 1 aliphatic heterocycles. The standard InChI is InChI=1S/C24H22F3N5O2/c1-15-9-18(21-28-7-2-8-29-21)20(31-11-15)22(33)32-13-16-5-6-23(32,10-16)14-34-19-4-3-17(12-30-19)24(25,26)27/h2-4,7-9,11-12,16H,5-6,10,13-14H2,1H3. The monoisotopic (exact) mass is 469 g/mol. The maximum absolute atomic E-state index is 13.7. The van der Waals surface area contributed by atoms with E-state index < -0.39 is 17.3 Å². The number of hydrogen-bond donors (Lipinski definition) is 0. The van der Waals surface area contributed by atoms with Crippen LogP contribution >= 0.6 is 0 Å². The zero-order valence-electron chi connectivity index (χ0n) is 18.4. The van der Waals surface area contributed by atoms with Crippen LogP contribution in [0.1, 0.15) is 40.9 Å². The second kappa shape index (κ2) is 8.34. The van der Waals surface area contributed by atoms with Crippen LogP contribution in [-0.2, 0) is 6.18 Å². The van der Waals surface area contributed by atoms with E-state index in [1.165, 1.54) is 6.07 Å². The number of aryl methyl sites for hydroxylation is 1. The van der Waals surface area contributed by atoms with Crippen molar-refractivity contribution in [3.63, 3.8) is 0 Å². The van der Waals surface area contributed by atoms with Gasteiger partial charge in [-0.1, -0.05) is 0 Å². The molecule has 0 radical (unpaired) electrons. The van der Waals surface area contributed by atoms with Crippen molar-refractivity contribution in [2.45, 2.75) is 37.9 Å². The van der Waals surface area contributed by atoms with E-state index in [2.05, 4.69) is 19.9 Å². The molecule has 5 rings (SSSR count). The van der Waals surface area contributed by atoms with Crippen LogP contribution in [0.2, 0.25) is 0 Å². The number of ether oxygens (including phenoxy) is 1. The topological polar surface area (TPSA) is 81.1 Å².